The molecule has 3 aliphatic rings. The minimum absolute atomic E-state index is 0.0151. The molecule has 366 valence electrons. The van der Waals surface area contributed by atoms with E-state index in [1.807, 2.05) is 91.3 Å². The number of para-hydroxylation sites is 1. The molecule has 3 unspecified atom stereocenters. The molecule has 3 atom stereocenters. The normalized spacial score (nSPS) is 17.3. The van der Waals surface area contributed by atoms with Crippen LogP contribution < -0.4 is 20.7 Å². The number of alkyl halides is 3. The molecule has 0 spiro atoms. The van der Waals surface area contributed by atoms with Crippen LogP contribution in [-0.2, 0) is 19.3 Å². The summed E-state index contributed by atoms with van der Waals surface area (Å²) in [6, 6.07) is 41.6. The van der Waals surface area contributed by atoms with E-state index in [0.717, 1.165) is 119 Å². The molecule has 0 saturated carbocycles. The molecular formula is C54H60Cl3F4N7O. The Hall–Kier alpha value is -4.60. The molecule has 9 rings (SSSR count). The summed E-state index contributed by atoms with van der Waals surface area (Å²) in [6.45, 7) is 11.3. The van der Waals surface area contributed by atoms with Crippen LogP contribution in [0.2, 0.25) is 15.1 Å². The second-order valence-electron chi connectivity index (χ2n) is 17.2. The molecule has 6 aromatic rings. The van der Waals surface area contributed by atoms with Gasteiger partial charge < -0.3 is 20.7 Å². The molecule has 4 heterocycles. The van der Waals surface area contributed by atoms with Crippen LogP contribution in [0.15, 0.2) is 146 Å². The van der Waals surface area contributed by atoms with E-state index in [1.165, 1.54) is 17.7 Å². The smallest absolute Gasteiger partial charge is 0.406 e. The van der Waals surface area contributed by atoms with Gasteiger partial charge >= 0.3 is 6.36 Å². The third-order valence-electron chi connectivity index (χ3n) is 12.7. The van der Waals surface area contributed by atoms with Gasteiger partial charge in [-0.3, -0.25) is 19.7 Å². The van der Waals surface area contributed by atoms with Crippen molar-refractivity contribution in [2.75, 3.05) is 78.5 Å². The molecule has 8 nitrogen and oxygen atoms in total. The fourth-order valence-electron chi connectivity index (χ4n) is 9.23. The zero-order valence-corrected chi connectivity index (χ0v) is 40.8. The summed E-state index contributed by atoms with van der Waals surface area (Å²) in [4.78, 5) is 11.3. The van der Waals surface area contributed by atoms with E-state index in [-0.39, 0.29) is 23.7 Å². The van der Waals surface area contributed by atoms with E-state index in [1.54, 1.807) is 24.3 Å². The molecular weight excluding hydrogens is 945 g/mol. The number of nitrogens with zero attached hydrogens (tertiary/aromatic N) is 4. The summed E-state index contributed by atoms with van der Waals surface area (Å²) in [5, 5.41) is 12.1. The second kappa shape index (κ2) is 26.6. The molecule has 0 aliphatic carbocycles. The summed E-state index contributed by atoms with van der Waals surface area (Å²) < 4.78 is 56.6. The number of halogens is 7. The number of aromatic nitrogens is 1. The number of ether oxygens (including phenoxy) is 1. The molecule has 0 bridgehead atoms. The Morgan fingerprint density at radius 2 is 0.942 bits per heavy atom. The Balaban J connectivity index is 0.000000153. The lowest BCUT2D eigenvalue weighted by molar-refractivity contribution is -0.274. The maximum Gasteiger partial charge on any atom is 0.573 e. The van der Waals surface area contributed by atoms with Crippen molar-refractivity contribution >= 4 is 34.8 Å². The quantitative estimate of drug-likeness (QED) is 0.0989. The molecule has 0 amide bonds. The van der Waals surface area contributed by atoms with Crippen LogP contribution in [0.4, 0.5) is 17.6 Å². The minimum atomic E-state index is -4.69. The van der Waals surface area contributed by atoms with Crippen LogP contribution >= 0.6 is 34.8 Å². The summed E-state index contributed by atoms with van der Waals surface area (Å²) >= 11 is 18.9. The number of nitrogens with one attached hydrogen (secondary N) is 3. The topological polar surface area (TPSA) is 67.9 Å². The monoisotopic (exact) mass is 1000 g/mol. The Morgan fingerprint density at radius 1 is 0.493 bits per heavy atom. The van der Waals surface area contributed by atoms with E-state index in [2.05, 4.69) is 58.6 Å². The fraction of sp³-hybridized carbons (Fsp3) is 0.352. The van der Waals surface area contributed by atoms with Gasteiger partial charge in [0.05, 0.1) is 10.0 Å². The van der Waals surface area contributed by atoms with Crippen molar-refractivity contribution in [3.8, 4) is 5.75 Å². The maximum atomic E-state index is 14.3. The average molecular weight is 1010 g/mol. The third kappa shape index (κ3) is 15.7. The molecule has 1 aromatic heterocycles. The van der Waals surface area contributed by atoms with Crippen LogP contribution in [0.5, 0.6) is 5.75 Å². The van der Waals surface area contributed by atoms with Crippen molar-refractivity contribution in [3.05, 3.63) is 200 Å². The number of hydrogen-bond acceptors (Lipinski definition) is 8. The van der Waals surface area contributed by atoms with Gasteiger partial charge in [-0.1, -0.05) is 132 Å². The molecule has 69 heavy (non-hydrogen) atoms. The van der Waals surface area contributed by atoms with Crippen molar-refractivity contribution in [2.24, 2.45) is 0 Å². The van der Waals surface area contributed by atoms with Gasteiger partial charge in [0.1, 0.15) is 11.6 Å². The van der Waals surface area contributed by atoms with Crippen LogP contribution in [0.1, 0.15) is 51.5 Å². The number of hydrogen-bond donors (Lipinski definition) is 3. The number of piperazine rings is 3. The molecule has 0 radical (unpaired) electrons. The van der Waals surface area contributed by atoms with E-state index in [0.29, 0.717) is 28.1 Å². The zero-order chi connectivity index (χ0) is 48.4. The van der Waals surface area contributed by atoms with E-state index in [4.69, 9.17) is 34.8 Å². The molecule has 3 fully saturated rings. The van der Waals surface area contributed by atoms with E-state index in [9.17, 15) is 17.6 Å². The predicted octanol–water partition coefficient (Wildman–Crippen LogP) is 11.0. The third-order valence-corrected chi connectivity index (χ3v) is 14.0. The Kier molecular flexibility index (Phi) is 20.1. The fourth-order valence-corrected chi connectivity index (χ4v) is 9.84. The van der Waals surface area contributed by atoms with Gasteiger partial charge in [0.25, 0.3) is 0 Å². The van der Waals surface area contributed by atoms with Gasteiger partial charge in [0, 0.05) is 120 Å². The lowest BCUT2D eigenvalue weighted by Crippen LogP contribution is -2.45. The van der Waals surface area contributed by atoms with Crippen LogP contribution in [0.3, 0.4) is 0 Å². The van der Waals surface area contributed by atoms with Gasteiger partial charge in [-0.05, 0) is 83.5 Å². The first kappa shape index (κ1) is 52.2. The van der Waals surface area contributed by atoms with Crippen molar-refractivity contribution in [2.45, 2.75) is 43.8 Å². The highest BCUT2D eigenvalue weighted by Gasteiger charge is 2.33. The van der Waals surface area contributed by atoms with E-state index < -0.39 is 6.36 Å². The summed E-state index contributed by atoms with van der Waals surface area (Å²) in [6.07, 6.45) is 1.06. The average Bonchev–Trinajstić information content (AvgIpc) is 3.38. The number of benzene rings is 5. The molecule has 3 saturated heterocycles. The predicted molar refractivity (Wildman–Crippen MR) is 271 cm³/mol. The summed E-state index contributed by atoms with van der Waals surface area (Å²) in [7, 11) is 0. The standard InChI is InChI=1S/C19H21F3N2O.C18H20ClFN2.C17H19Cl2N3/c20-19(21,22)25-18-9-5-4-8-16(18)14-17(15-6-2-1-3-7-15)24-12-10-23-11-13-24;19-16-7-3-1-5-14(16)13-18(22-11-9-21-10-12-22)15-6-2-4-8-17(15)20;18-15-3-1-2-14(17(15)19)12-16(13-4-6-20-7-5-13)22-10-8-21-9-11-22/h1-9,17,23H,10-14H2;1-8,18,21H,9-13H2;1-7,16,21H,8-12H2. The molecule has 3 N–H and O–H groups in total. The summed E-state index contributed by atoms with van der Waals surface area (Å²) in [5.41, 5.74) is 5.85. The summed E-state index contributed by atoms with van der Waals surface area (Å²) in [5.74, 6) is -0.260. The number of pyridine rings is 1. The van der Waals surface area contributed by atoms with Crippen molar-refractivity contribution < 1.29 is 22.3 Å². The molecule has 5 aromatic carbocycles. The van der Waals surface area contributed by atoms with Gasteiger partial charge in [-0.2, -0.15) is 0 Å². The SMILES string of the molecule is Clc1cccc(CC(c2ccncc2)N2CCNCC2)c1Cl.FC(F)(F)Oc1ccccc1CC(c1ccccc1)N1CCNCC1.Fc1ccccc1C(Cc1ccccc1Cl)N1CCNCC1. The van der Waals surface area contributed by atoms with Crippen LogP contribution in [0, 0.1) is 5.82 Å². The second-order valence-corrected chi connectivity index (χ2v) is 18.4. The van der Waals surface area contributed by atoms with Gasteiger partial charge in [0.15, 0.2) is 0 Å². The van der Waals surface area contributed by atoms with Crippen molar-refractivity contribution in [1.29, 1.82) is 0 Å². The van der Waals surface area contributed by atoms with Gasteiger partial charge in [-0.25, -0.2) is 4.39 Å². The largest absolute Gasteiger partial charge is 0.573 e. The highest BCUT2D eigenvalue weighted by atomic mass is 35.5. The highest BCUT2D eigenvalue weighted by molar-refractivity contribution is 6.42. The highest BCUT2D eigenvalue weighted by Crippen LogP contribution is 2.35. The van der Waals surface area contributed by atoms with Crippen molar-refractivity contribution in [3.63, 3.8) is 0 Å². The Bertz CT molecular complexity index is 2460. The lowest BCUT2D eigenvalue weighted by Gasteiger charge is -2.35. The van der Waals surface area contributed by atoms with Crippen LogP contribution in [0.25, 0.3) is 0 Å². The maximum absolute atomic E-state index is 14.3. The Labute approximate surface area is 418 Å². The minimum Gasteiger partial charge on any atom is -0.406 e. The molecule has 3 aliphatic heterocycles. The zero-order valence-electron chi connectivity index (χ0n) is 38.5. The van der Waals surface area contributed by atoms with Gasteiger partial charge in [-0.15, -0.1) is 13.2 Å². The number of rotatable bonds is 13. The first-order chi connectivity index (χ1) is 33.5. The van der Waals surface area contributed by atoms with E-state index >= 15 is 0 Å². The first-order valence-electron chi connectivity index (χ1n) is 23.6. The van der Waals surface area contributed by atoms with Gasteiger partial charge in [0.2, 0.25) is 0 Å². The van der Waals surface area contributed by atoms with Crippen LogP contribution in [-0.4, -0.2) is 105 Å². The van der Waals surface area contributed by atoms with Crippen molar-refractivity contribution in [1.82, 2.24) is 35.6 Å². The Morgan fingerprint density at radius 3 is 1.52 bits per heavy atom. The molecule has 15 heteroatoms. The first-order valence-corrected chi connectivity index (χ1v) is 24.7. The lowest BCUT2D eigenvalue weighted by atomic mass is 9.96.